The second kappa shape index (κ2) is 20.3. The predicted molar refractivity (Wildman–Crippen MR) is 195 cm³/mol. The van der Waals surface area contributed by atoms with E-state index in [0.29, 0.717) is 18.8 Å². The first-order valence-corrected chi connectivity index (χ1v) is 18.3. The van der Waals surface area contributed by atoms with E-state index in [9.17, 15) is 0 Å². The fourth-order valence-electron chi connectivity index (χ4n) is 6.28. The minimum absolute atomic E-state index is 0.244. The van der Waals surface area contributed by atoms with Crippen molar-refractivity contribution in [2.45, 2.75) is 122 Å². The van der Waals surface area contributed by atoms with Crippen LogP contribution in [-0.4, -0.2) is 25.2 Å². The van der Waals surface area contributed by atoms with Crippen LogP contribution in [-0.2, 0) is 9.47 Å². The third-order valence-electron chi connectivity index (χ3n) is 9.24. The number of alkyl halides is 1. The van der Waals surface area contributed by atoms with Gasteiger partial charge in [0.05, 0.1) is 13.2 Å². The number of allylic oxidation sites excluding steroid dienone is 2. The van der Waals surface area contributed by atoms with Crippen molar-refractivity contribution < 1.29 is 18.3 Å². The first-order valence-electron chi connectivity index (χ1n) is 18.3. The van der Waals surface area contributed by atoms with Gasteiger partial charge in [-0.2, -0.15) is 0 Å². The average Bonchev–Trinajstić information content (AvgIpc) is 3.11. The molecule has 2 unspecified atom stereocenters. The fraction of sp³-hybridized carbons (Fsp3) is 0.488. The minimum Gasteiger partial charge on any atom is -0.344 e. The first kappa shape index (κ1) is 36.8. The molecule has 4 rings (SSSR count). The zero-order chi connectivity index (χ0) is 33.2. The van der Waals surface area contributed by atoms with Gasteiger partial charge >= 0.3 is 0 Å². The Kier molecular flexibility index (Phi) is 15.9. The molecule has 0 aromatic heterocycles. The summed E-state index contributed by atoms with van der Waals surface area (Å²) in [5.74, 6) is -2.56. The van der Waals surface area contributed by atoms with Gasteiger partial charge in [-0.15, -0.1) is 0 Å². The minimum atomic E-state index is -2.02. The van der Waals surface area contributed by atoms with Gasteiger partial charge in [-0.1, -0.05) is 182 Å². The van der Waals surface area contributed by atoms with Gasteiger partial charge in [0, 0.05) is 5.57 Å². The maximum Gasteiger partial charge on any atom is 0.227 e. The highest BCUT2D eigenvalue weighted by Gasteiger charge is 2.46. The smallest absolute Gasteiger partial charge is 0.227 e. The van der Waals surface area contributed by atoms with E-state index >= 15 is 8.78 Å². The summed E-state index contributed by atoms with van der Waals surface area (Å²) in [5, 5.41) is 0. The van der Waals surface area contributed by atoms with Gasteiger partial charge in [-0.05, 0) is 46.7 Å². The Bertz CT molecular complexity index is 1350. The molecule has 1 aliphatic rings. The van der Waals surface area contributed by atoms with Gasteiger partial charge < -0.3 is 9.47 Å². The molecule has 0 aliphatic heterocycles. The molecule has 3 aromatic rings. The van der Waals surface area contributed by atoms with Crippen molar-refractivity contribution in [2.75, 3.05) is 13.2 Å². The second-order valence-electron chi connectivity index (χ2n) is 13.0. The Hall–Kier alpha value is -3.08. The van der Waals surface area contributed by atoms with E-state index in [0.717, 1.165) is 61.6 Å². The maximum atomic E-state index is 16.1. The molecule has 0 amide bonds. The summed E-state index contributed by atoms with van der Waals surface area (Å²) in [7, 11) is 0. The zero-order valence-electron chi connectivity index (χ0n) is 28.8. The van der Waals surface area contributed by atoms with E-state index in [1.165, 1.54) is 56.9 Å². The van der Waals surface area contributed by atoms with E-state index < -0.39 is 17.8 Å². The van der Waals surface area contributed by atoms with E-state index in [-0.39, 0.29) is 5.57 Å². The van der Waals surface area contributed by atoms with Crippen LogP contribution in [0.5, 0.6) is 0 Å². The number of rotatable bonds is 22. The number of unbranched alkanes of at least 4 members (excludes halogenated alkanes) is 13. The highest BCUT2D eigenvalue weighted by atomic mass is 19.2. The highest BCUT2D eigenvalue weighted by Crippen LogP contribution is 2.39. The van der Waals surface area contributed by atoms with E-state index in [1.54, 1.807) is 12.2 Å². The van der Waals surface area contributed by atoms with Crippen molar-refractivity contribution in [3.8, 4) is 22.3 Å². The summed E-state index contributed by atoms with van der Waals surface area (Å²) in [5.41, 5.74) is 5.29. The lowest BCUT2D eigenvalue weighted by atomic mass is 9.92. The Morgan fingerprint density at radius 3 is 1.34 bits per heavy atom. The molecule has 0 fully saturated rings. The summed E-state index contributed by atoms with van der Waals surface area (Å²) >= 11 is 0. The molecular formula is C43H56F2O2. The molecule has 2 nitrogen and oxygen atoms in total. The highest BCUT2D eigenvalue weighted by molar-refractivity contribution is 5.79. The topological polar surface area (TPSA) is 18.5 Å². The summed E-state index contributed by atoms with van der Waals surface area (Å²) in [4.78, 5) is 0. The van der Waals surface area contributed by atoms with Gasteiger partial charge in [0.1, 0.15) is 5.83 Å². The molecule has 0 N–H and O–H groups in total. The zero-order valence-corrected chi connectivity index (χ0v) is 28.8. The van der Waals surface area contributed by atoms with Crippen molar-refractivity contribution in [1.82, 2.24) is 0 Å². The Morgan fingerprint density at radius 1 is 0.511 bits per heavy atom. The van der Waals surface area contributed by atoms with Gasteiger partial charge in [-0.3, -0.25) is 0 Å². The van der Waals surface area contributed by atoms with Crippen molar-refractivity contribution in [2.24, 2.45) is 0 Å². The van der Waals surface area contributed by atoms with Gasteiger partial charge in [-0.25, -0.2) is 8.78 Å². The lowest BCUT2D eigenvalue weighted by molar-refractivity contribution is -0.234. The van der Waals surface area contributed by atoms with Gasteiger partial charge in [0.15, 0.2) is 0 Å². The first-order chi connectivity index (χ1) is 23.1. The van der Waals surface area contributed by atoms with Crippen molar-refractivity contribution in [3.63, 3.8) is 0 Å². The summed E-state index contributed by atoms with van der Waals surface area (Å²) in [6.45, 7) is 5.11. The van der Waals surface area contributed by atoms with Gasteiger partial charge in [0.2, 0.25) is 12.0 Å². The third-order valence-corrected chi connectivity index (χ3v) is 9.24. The van der Waals surface area contributed by atoms with Crippen LogP contribution in [0.1, 0.15) is 116 Å². The molecule has 0 spiro atoms. The van der Waals surface area contributed by atoms with Crippen LogP contribution in [0.4, 0.5) is 8.78 Å². The number of halogens is 2. The normalized spacial score (nSPS) is 17.8. The van der Waals surface area contributed by atoms with E-state index in [2.05, 4.69) is 50.2 Å². The molecular weight excluding hydrogens is 586 g/mol. The lowest BCUT2D eigenvalue weighted by Gasteiger charge is -2.36. The molecule has 254 valence electrons. The fourth-order valence-corrected chi connectivity index (χ4v) is 6.28. The molecule has 2 atom stereocenters. The van der Waals surface area contributed by atoms with Crippen LogP contribution < -0.4 is 0 Å². The Morgan fingerprint density at radius 2 is 0.894 bits per heavy atom. The van der Waals surface area contributed by atoms with Crippen LogP contribution in [0.2, 0.25) is 0 Å². The van der Waals surface area contributed by atoms with Crippen LogP contribution in [0.3, 0.4) is 0 Å². The number of benzene rings is 3. The molecule has 0 saturated carbocycles. The largest absolute Gasteiger partial charge is 0.344 e. The van der Waals surface area contributed by atoms with Crippen LogP contribution >= 0.6 is 0 Å². The third kappa shape index (κ3) is 11.3. The van der Waals surface area contributed by atoms with Crippen molar-refractivity contribution >= 4 is 5.57 Å². The van der Waals surface area contributed by atoms with Gasteiger partial charge in [0.25, 0.3) is 0 Å². The molecule has 3 aromatic carbocycles. The number of ether oxygens (including phenoxy) is 2. The van der Waals surface area contributed by atoms with Crippen molar-refractivity contribution in [1.29, 1.82) is 0 Å². The summed E-state index contributed by atoms with van der Waals surface area (Å²) in [6.07, 6.45) is 18.5. The summed E-state index contributed by atoms with van der Waals surface area (Å²) < 4.78 is 44.1. The second-order valence-corrected chi connectivity index (χ2v) is 13.0. The number of hydrogen-bond acceptors (Lipinski definition) is 2. The molecule has 0 saturated heterocycles. The lowest BCUT2D eigenvalue weighted by Crippen LogP contribution is -2.46. The Labute approximate surface area is 283 Å². The van der Waals surface area contributed by atoms with Crippen LogP contribution in [0, 0.1) is 0 Å². The molecule has 4 heteroatoms. The summed E-state index contributed by atoms with van der Waals surface area (Å²) in [6, 6.07) is 26.3. The Balaban J connectivity index is 1.35. The molecule has 47 heavy (non-hydrogen) atoms. The van der Waals surface area contributed by atoms with Crippen LogP contribution in [0.25, 0.3) is 27.8 Å². The molecule has 0 bridgehead atoms. The van der Waals surface area contributed by atoms with E-state index in [4.69, 9.17) is 9.47 Å². The standard InChI is InChI=1S/C43H56F2O2/c1-3-5-7-9-10-11-12-13-15-20-34-47-43(46-33-19-14-8-6-4-2)32-31-40(41(44)42(43)45)39-29-27-38(28-30-39)37-25-23-36(24-26-37)35-21-17-16-18-22-35/h16-18,21-32,42H,3-15,19-20,33-34H2,1-2H3. The molecule has 1 aliphatic carbocycles. The van der Waals surface area contributed by atoms with E-state index in [1.807, 2.05) is 42.5 Å². The quantitative estimate of drug-likeness (QED) is 0.0802. The van der Waals surface area contributed by atoms with Crippen molar-refractivity contribution in [3.05, 3.63) is 102 Å². The monoisotopic (exact) mass is 642 g/mol. The predicted octanol–water partition coefficient (Wildman–Crippen LogP) is 13.2. The maximum absolute atomic E-state index is 16.1. The molecule has 0 radical (unpaired) electrons. The van der Waals surface area contributed by atoms with Crippen LogP contribution in [0.15, 0.2) is 96.8 Å². The molecule has 0 heterocycles. The number of hydrogen-bond donors (Lipinski definition) is 0. The average molecular weight is 643 g/mol. The SMILES string of the molecule is CCCCCCCCCCCCOC1(OCCCCCCC)C=CC(c2ccc(-c3ccc(-c4ccccc4)cc3)cc2)=C(F)C1F.